The molecule has 0 saturated carbocycles. The zero-order valence-corrected chi connectivity index (χ0v) is 11.6. The standard InChI is InChI=1S/C10H5Cl4N3O/c11-5-1-2-6(8(13)7(5)12)17-10(15)4(3-16-17)9(14)18/h1-3H,15H2. The van der Waals surface area contributed by atoms with Crippen LogP contribution in [-0.2, 0) is 0 Å². The van der Waals surface area contributed by atoms with Crippen molar-refractivity contribution >= 4 is 57.5 Å². The second kappa shape index (κ2) is 4.97. The Morgan fingerprint density at radius 3 is 2.44 bits per heavy atom. The lowest BCUT2D eigenvalue weighted by Crippen LogP contribution is -2.04. The van der Waals surface area contributed by atoms with Gasteiger partial charge < -0.3 is 5.73 Å². The first-order valence-electron chi connectivity index (χ1n) is 4.60. The highest BCUT2D eigenvalue weighted by Crippen LogP contribution is 2.35. The van der Waals surface area contributed by atoms with Crippen molar-refractivity contribution in [3.63, 3.8) is 0 Å². The van der Waals surface area contributed by atoms with Crippen LogP contribution in [0.2, 0.25) is 15.1 Å². The van der Waals surface area contributed by atoms with Crippen LogP contribution >= 0.6 is 46.4 Å². The fourth-order valence-electron chi connectivity index (χ4n) is 1.38. The number of nitrogens with two attached hydrogens (primary N) is 1. The average molecular weight is 325 g/mol. The number of carbonyl (C=O) groups is 1. The van der Waals surface area contributed by atoms with Crippen LogP contribution in [0.25, 0.3) is 5.69 Å². The lowest BCUT2D eigenvalue weighted by Gasteiger charge is -2.08. The third-order valence-corrected chi connectivity index (χ3v) is 3.75. The molecule has 1 heterocycles. The van der Waals surface area contributed by atoms with Crippen LogP contribution in [0.4, 0.5) is 5.82 Å². The van der Waals surface area contributed by atoms with Gasteiger partial charge in [-0.25, -0.2) is 4.68 Å². The maximum absolute atomic E-state index is 11.1. The average Bonchev–Trinajstić information content (AvgIpc) is 2.69. The minimum absolute atomic E-state index is 0.0790. The molecule has 94 valence electrons. The molecule has 2 rings (SSSR count). The van der Waals surface area contributed by atoms with E-state index in [1.165, 1.54) is 10.9 Å². The fourth-order valence-corrected chi connectivity index (χ4v) is 2.14. The Morgan fingerprint density at radius 1 is 1.22 bits per heavy atom. The van der Waals surface area contributed by atoms with Gasteiger partial charge in [0.25, 0.3) is 5.24 Å². The van der Waals surface area contributed by atoms with Gasteiger partial charge in [0.1, 0.15) is 5.82 Å². The summed E-state index contributed by atoms with van der Waals surface area (Å²) in [4.78, 5) is 11.1. The van der Waals surface area contributed by atoms with Crippen molar-refractivity contribution in [3.8, 4) is 5.69 Å². The molecule has 2 aromatic rings. The van der Waals surface area contributed by atoms with Crippen LogP contribution in [0.3, 0.4) is 0 Å². The highest BCUT2D eigenvalue weighted by molar-refractivity contribution is 6.68. The van der Waals surface area contributed by atoms with Crippen molar-refractivity contribution in [3.05, 3.63) is 39.0 Å². The third kappa shape index (κ3) is 2.17. The lowest BCUT2D eigenvalue weighted by molar-refractivity contribution is 0.108. The van der Waals surface area contributed by atoms with Crippen molar-refractivity contribution in [2.24, 2.45) is 0 Å². The summed E-state index contributed by atoms with van der Waals surface area (Å²) in [6.45, 7) is 0. The number of hydrogen-bond donors (Lipinski definition) is 1. The molecule has 4 nitrogen and oxygen atoms in total. The summed E-state index contributed by atoms with van der Waals surface area (Å²) in [5.41, 5.74) is 6.26. The van der Waals surface area contributed by atoms with Gasteiger partial charge in [0, 0.05) is 0 Å². The number of rotatable bonds is 2. The van der Waals surface area contributed by atoms with E-state index in [0.29, 0.717) is 10.7 Å². The van der Waals surface area contributed by atoms with Gasteiger partial charge in [-0.15, -0.1) is 0 Å². The quantitative estimate of drug-likeness (QED) is 0.675. The number of anilines is 1. The molecular weight excluding hydrogens is 320 g/mol. The predicted molar refractivity (Wildman–Crippen MR) is 73.2 cm³/mol. The van der Waals surface area contributed by atoms with Gasteiger partial charge in [0.15, 0.2) is 0 Å². The molecule has 0 spiro atoms. The molecule has 1 aromatic carbocycles. The molecule has 8 heteroatoms. The van der Waals surface area contributed by atoms with E-state index < -0.39 is 5.24 Å². The molecule has 0 atom stereocenters. The number of hydrogen-bond acceptors (Lipinski definition) is 3. The van der Waals surface area contributed by atoms with Crippen LogP contribution in [0, 0.1) is 0 Å². The summed E-state index contributed by atoms with van der Waals surface area (Å²) in [6.07, 6.45) is 1.25. The fraction of sp³-hybridized carbons (Fsp3) is 0. The predicted octanol–water partition coefficient (Wildman–Crippen LogP) is 3.79. The number of halogens is 4. The topological polar surface area (TPSA) is 60.9 Å². The maximum Gasteiger partial charge on any atom is 0.257 e. The molecule has 0 aliphatic heterocycles. The Labute approximate surface area is 122 Å². The molecule has 0 aliphatic rings. The molecule has 0 fully saturated rings. The zero-order valence-electron chi connectivity index (χ0n) is 8.62. The summed E-state index contributed by atoms with van der Waals surface area (Å²) in [6, 6.07) is 3.14. The highest BCUT2D eigenvalue weighted by atomic mass is 35.5. The molecule has 0 saturated heterocycles. The molecule has 0 radical (unpaired) electrons. The van der Waals surface area contributed by atoms with Gasteiger partial charge in [-0.3, -0.25) is 4.79 Å². The second-order valence-electron chi connectivity index (χ2n) is 3.32. The molecule has 0 bridgehead atoms. The van der Waals surface area contributed by atoms with E-state index >= 15 is 0 Å². The van der Waals surface area contributed by atoms with Gasteiger partial charge in [-0.05, 0) is 23.7 Å². The molecule has 0 unspecified atom stereocenters. The monoisotopic (exact) mass is 323 g/mol. The van der Waals surface area contributed by atoms with E-state index in [1.54, 1.807) is 12.1 Å². The van der Waals surface area contributed by atoms with Crippen molar-refractivity contribution in [1.29, 1.82) is 0 Å². The van der Waals surface area contributed by atoms with E-state index in [2.05, 4.69) is 5.10 Å². The summed E-state index contributed by atoms with van der Waals surface area (Å²) in [7, 11) is 0. The summed E-state index contributed by atoms with van der Waals surface area (Å²) < 4.78 is 1.26. The Morgan fingerprint density at radius 2 is 1.89 bits per heavy atom. The normalized spacial score (nSPS) is 10.7. The Hall–Kier alpha value is -0.940. The number of nitrogens with zero attached hydrogens (tertiary/aromatic N) is 2. The van der Waals surface area contributed by atoms with Crippen LogP contribution < -0.4 is 5.73 Å². The minimum atomic E-state index is -0.699. The van der Waals surface area contributed by atoms with Crippen LogP contribution in [0.1, 0.15) is 10.4 Å². The van der Waals surface area contributed by atoms with E-state index in [0.717, 1.165) is 0 Å². The first kappa shape index (κ1) is 13.5. The van der Waals surface area contributed by atoms with E-state index in [9.17, 15) is 4.79 Å². The highest BCUT2D eigenvalue weighted by Gasteiger charge is 2.17. The summed E-state index contributed by atoms with van der Waals surface area (Å²) in [5, 5.41) is 3.92. The first-order valence-corrected chi connectivity index (χ1v) is 6.12. The van der Waals surface area contributed by atoms with Gasteiger partial charge in [0.05, 0.1) is 32.5 Å². The Kier molecular flexibility index (Phi) is 3.73. The zero-order chi connectivity index (χ0) is 13.4. The maximum atomic E-state index is 11.1. The third-order valence-electron chi connectivity index (χ3n) is 2.26. The SMILES string of the molecule is Nc1c(C(=O)Cl)cnn1-c1ccc(Cl)c(Cl)c1Cl. The Balaban J connectivity index is 2.63. The number of carbonyl (C=O) groups excluding carboxylic acids is 1. The van der Waals surface area contributed by atoms with Crippen LogP contribution in [0.5, 0.6) is 0 Å². The van der Waals surface area contributed by atoms with Gasteiger partial charge >= 0.3 is 0 Å². The van der Waals surface area contributed by atoms with E-state index in [-0.39, 0.29) is 21.4 Å². The molecular formula is C10H5Cl4N3O. The van der Waals surface area contributed by atoms with Crippen LogP contribution in [-0.4, -0.2) is 15.0 Å². The Bertz CT molecular complexity index is 638. The van der Waals surface area contributed by atoms with Gasteiger partial charge in [-0.2, -0.15) is 5.10 Å². The first-order chi connectivity index (χ1) is 8.43. The van der Waals surface area contributed by atoms with Crippen molar-refractivity contribution < 1.29 is 4.79 Å². The number of benzene rings is 1. The molecule has 1 aromatic heterocycles. The summed E-state index contributed by atoms with van der Waals surface area (Å²) >= 11 is 23.1. The number of aromatic nitrogens is 2. The summed E-state index contributed by atoms with van der Waals surface area (Å²) in [5.74, 6) is 0.0790. The lowest BCUT2D eigenvalue weighted by atomic mass is 10.3. The van der Waals surface area contributed by atoms with Crippen molar-refractivity contribution in [1.82, 2.24) is 9.78 Å². The molecule has 18 heavy (non-hydrogen) atoms. The van der Waals surface area contributed by atoms with Gasteiger partial charge in [-0.1, -0.05) is 34.8 Å². The molecule has 2 N–H and O–H groups in total. The second-order valence-corrected chi connectivity index (χ2v) is 4.83. The minimum Gasteiger partial charge on any atom is -0.383 e. The van der Waals surface area contributed by atoms with Crippen molar-refractivity contribution in [2.75, 3.05) is 5.73 Å². The number of nitrogen functional groups attached to an aromatic ring is 1. The van der Waals surface area contributed by atoms with E-state index in [4.69, 9.17) is 52.1 Å². The molecule has 0 aliphatic carbocycles. The largest absolute Gasteiger partial charge is 0.383 e. The van der Waals surface area contributed by atoms with Crippen molar-refractivity contribution in [2.45, 2.75) is 0 Å². The van der Waals surface area contributed by atoms with E-state index in [1.807, 2.05) is 0 Å². The van der Waals surface area contributed by atoms with Gasteiger partial charge in [0.2, 0.25) is 0 Å². The smallest absolute Gasteiger partial charge is 0.257 e. The molecule has 0 amide bonds. The van der Waals surface area contributed by atoms with Crippen LogP contribution in [0.15, 0.2) is 18.3 Å².